The fraction of sp³-hybridized carbons (Fsp3) is 0.800. The summed E-state index contributed by atoms with van der Waals surface area (Å²) in [4.78, 5) is 0. The number of rotatable bonds is 0. The van der Waals surface area contributed by atoms with Gasteiger partial charge in [0.15, 0.2) is 9.84 Å². The quantitative estimate of drug-likeness (QED) is 0.475. The molecule has 1 saturated heterocycles. The maximum absolute atomic E-state index is 10.5. The Balaban J connectivity index is 2.68. The first-order valence-corrected chi connectivity index (χ1v) is 4.29. The molecule has 2 nitrogen and oxygen atoms in total. The van der Waals surface area contributed by atoms with E-state index in [4.69, 9.17) is 0 Å². The van der Waals surface area contributed by atoms with Gasteiger partial charge in [0, 0.05) is 0 Å². The lowest BCUT2D eigenvalue weighted by Crippen LogP contribution is -2.43. The van der Waals surface area contributed by atoms with Gasteiger partial charge in [0.25, 0.3) is 0 Å². The molecule has 8 heavy (non-hydrogen) atoms. The van der Waals surface area contributed by atoms with Crippen molar-refractivity contribution in [3.05, 3.63) is 6.92 Å². The van der Waals surface area contributed by atoms with Crippen molar-refractivity contribution in [2.75, 3.05) is 11.5 Å². The Morgan fingerprint density at radius 2 is 1.88 bits per heavy atom. The number of sulfone groups is 1. The van der Waals surface area contributed by atoms with E-state index in [2.05, 4.69) is 6.92 Å². The fourth-order valence-corrected chi connectivity index (χ4v) is 3.06. The van der Waals surface area contributed by atoms with E-state index in [1.165, 1.54) is 0 Å². The second kappa shape index (κ2) is 1.26. The lowest BCUT2D eigenvalue weighted by molar-refractivity contribution is 0.458. The summed E-state index contributed by atoms with van der Waals surface area (Å²) in [5, 5.41) is 0. The Hall–Kier alpha value is -0.0500. The van der Waals surface area contributed by atoms with Crippen LogP contribution in [0.2, 0.25) is 0 Å². The summed E-state index contributed by atoms with van der Waals surface area (Å²) in [7, 11) is -2.65. The topological polar surface area (TPSA) is 34.1 Å². The highest BCUT2D eigenvalue weighted by Gasteiger charge is 2.40. The van der Waals surface area contributed by atoms with Crippen LogP contribution in [0.15, 0.2) is 0 Å². The second-order valence-electron chi connectivity index (χ2n) is 2.84. The van der Waals surface area contributed by atoms with Crippen molar-refractivity contribution in [2.45, 2.75) is 6.92 Å². The molecule has 0 aliphatic carbocycles. The molecule has 47 valence electrons. The molecule has 1 aliphatic rings. The number of hydrogen-bond donors (Lipinski definition) is 0. The molecule has 0 aromatic heterocycles. The molecule has 1 heterocycles. The van der Waals surface area contributed by atoms with Crippen molar-refractivity contribution >= 4 is 9.84 Å². The standard InChI is InChI=1S/C5H9O2S/c1-5(2)3-8(6,7)4-5/h1,3-4H2,2H3. The maximum Gasteiger partial charge on any atom is 0.151 e. The van der Waals surface area contributed by atoms with Crippen LogP contribution in [0, 0.1) is 12.3 Å². The molecular formula is C5H9O2S. The molecule has 0 unspecified atom stereocenters. The van der Waals surface area contributed by atoms with Gasteiger partial charge in [0.05, 0.1) is 11.5 Å². The van der Waals surface area contributed by atoms with Gasteiger partial charge in [-0.05, 0) is 12.3 Å². The second-order valence-corrected chi connectivity index (χ2v) is 4.91. The molecule has 3 heteroatoms. The van der Waals surface area contributed by atoms with Gasteiger partial charge in [0.2, 0.25) is 0 Å². The van der Waals surface area contributed by atoms with Crippen LogP contribution in [0.5, 0.6) is 0 Å². The molecule has 1 fully saturated rings. The first kappa shape index (κ1) is 6.08. The van der Waals surface area contributed by atoms with Gasteiger partial charge in [-0.15, -0.1) is 0 Å². The minimum atomic E-state index is -2.65. The fourth-order valence-electron chi connectivity index (χ4n) is 1.02. The van der Waals surface area contributed by atoms with Gasteiger partial charge in [-0.25, -0.2) is 8.42 Å². The van der Waals surface area contributed by atoms with E-state index < -0.39 is 9.84 Å². The monoisotopic (exact) mass is 133 g/mol. The summed E-state index contributed by atoms with van der Waals surface area (Å²) in [6.07, 6.45) is 0. The molecule has 0 saturated carbocycles. The lowest BCUT2D eigenvalue weighted by atomic mass is 9.99. The average Bonchev–Trinajstić information content (AvgIpc) is 1.20. The van der Waals surface area contributed by atoms with Crippen LogP contribution in [-0.2, 0) is 9.84 Å². The molecule has 1 aliphatic heterocycles. The first-order chi connectivity index (χ1) is 3.41. The number of hydrogen-bond acceptors (Lipinski definition) is 2. The van der Waals surface area contributed by atoms with Gasteiger partial charge in [-0.1, -0.05) is 6.92 Å². The van der Waals surface area contributed by atoms with Crippen LogP contribution in [0.3, 0.4) is 0 Å². The summed E-state index contributed by atoms with van der Waals surface area (Å²) in [6, 6.07) is 0. The molecule has 0 spiro atoms. The van der Waals surface area contributed by atoms with Gasteiger partial charge >= 0.3 is 0 Å². The Labute approximate surface area is 49.8 Å². The first-order valence-electron chi connectivity index (χ1n) is 2.47. The minimum absolute atomic E-state index is 0.182. The molecule has 1 radical (unpaired) electrons. The highest BCUT2D eigenvalue weighted by atomic mass is 32.2. The highest BCUT2D eigenvalue weighted by Crippen LogP contribution is 2.30. The van der Waals surface area contributed by atoms with Gasteiger partial charge in [-0.2, -0.15) is 0 Å². The van der Waals surface area contributed by atoms with Crippen molar-refractivity contribution < 1.29 is 8.42 Å². The van der Waals surface area contributed by atoms with Crippen LogP contribution in [0.25, 0.3) is 0 Å². The lowest BCUT2D eigenvalue weighted by Gasteiger charge is -2.33. The largest absolute Gasteiger partial charge is 0.229 e. The molecule has 0 N–H and O–H groups in total. The average molecular weight is 133 g/mol. The van der Waals surface area contributed by atoms with Crippen LogP contribution >= 0.6 is 0 Å². The summed E-state index contributed by atoms with van der Waals surface area (Å²) in [6.45, 7) is 5.55. The summed E-state index contributed by atoms with van der Waals surface area (Å²) < 4.78 is 20.9. The predicted octanol–water partition coefficient (Wildman–Crippen LogP) is 0.255. The van der Waals surface area contributed by atoms with Crippen molar-refractivity contribution in [1.29, 1.82) is 0 Å². The molecule has 0 aromatic rings. The van der Waals surface area contributed by atoms with Crippen molar-refractivity contribution in [3.63, 3.8) is 0 Å². The van der Waals surface area contributed by atoms with Crippen LogP contribution in [0.4, 0.5) is 0 Å². The smallest absolute Gasteiger partial charge is 0.151 e. The Kier molecular flexibility index (Phi) is 0.960. The maximum atomic E-state index is 10.5. The van der Waals surface area contributed by atoms with E-state index >= 15 is 0 Å². The van der Waals surface area contributed by atoms with Crippen molar-refractivity contribution in [1.82, 2.24) is 0 Å². The zero-order valence-electron chi connectivity index (χ0n) is 4.85. The van der Waals surface area contributed by atoms with E-state index in [0.717, 1.165) is 0 Å². The predicted molar refractivity (Wildman–Crippen MR) is 32.1 cm³/mol. The highest BCUT2D eigenvalue weighted by molar-refractivity contribution is 7.92. The van der Waals surface area contributed by atoms with Crippen LogP contribution in [0.1, 0.15) is 6.92 Å². The summed E-state index contributed by atoms with van der Waals surface area (Å²) in [5.41, 5.74) is -0.182. The van der Waals surface area contributed by atoms with Gasteiger partial charge in [0.1, 0.15) is 0 Å². The summed E-state index contributed by atoms with van der Waals surface area (Å²) in [5.74, 6) is 0.528. The molecule has 0 aromatic carbocycles. The Bertz CT molecular complexity index is 174. The molecule has 0 bridgehead atoms. The zero-order valence-corrected chi connectivity index (χ0v) is 5.66. The van der Waals surface area contributed by atoms with E-state index in [9.17, 15) is 8.42 Å². The molecule has 0 atom stereocenters. The van der Waals surface area contributed by atoms with Crippen LogP contribution < -0.4 is 0 Å². The molecular weight excluding hydrogens is 124 g/mol. The zero-order chi connectivity index (χ0) is 6.41. The van der Waals surface area contributed by atoms with E-state index in [-0.39, 0.29) is 16.9 Å². The summed E-state index contributed by atoms with van der Waals surface area (Å²) >= 11 is 0. The van der Waals surface area contributed by atoms with Crippen LogP contribution in [-0.4, -0.2) is 19.9 Å². The van der Waals surface area contributed by atoms with Gasteiger partial charge in [-0.3, -0.25) is 0 Å². The molecule has 1 rings (SSSR count). The van der Waals surface area contributed by atoms with Gasteiger partial charge < -0.3 is 0 Å². The third-order valence-electron chi connectivity index (χ3n) is 1.14. The minimum Gasteiger partial charge on any atom is -0.229 e. The third kappa shape index (κ3) is 1.02. The Morgan fingerprint density at radius 3 is 1.88 bits per heavy atom. The normalized spacial score (nSPS) is 31.2. The molecule has 0 amide bonds. The SMILES string of the molecule is [CH2]C1(C)CS(=O)(=O)C1. The van der Waals surface area contributed by atoms with E-state index in [1.54, 1.807) is 0 Å². The van der Waals surface area contributed by atoms with E-state index in [0.29, 0.717) is 0 Å². The van der Waals surface area contributed by atoms with E-state index in [1.807, 2.05) is 6.92 Å². The third-order valence-corrected chi connectivity index (χ3v) is 3.41. The van der Waals surface area contributed by atoms with Crippen molar-refractivity contribution in [2.24, 2.45) is 5.41 Å². The Morgan fingerprint density at radius 1 is 1.50 bits per heavy atom. The van der Waals surface area contributed by atoms with Crippen molar-refractivity contribution in [3.8, 4) is 0 Å².